The van der Waals surface area contributed by atoms with Crippen molar-refractivity contribution in [2.24, 2.45) is 0 Å². The molecule has 0 radical (unpaired) electrons. The Balaban J connectivity index is 1.48. The molecule has 0 atom stereocenters. The molecule has 2 heterocycles. The molecule has 2 aromatic carbocycles. The summed E-state index contributed by atoms with van der Waals surface area (Å²) < 4.78 is 12.8. The van der Waals surface area contributed by atoms with Crippen molar-refractivity contribution in [1.82, 2.24) is 14.8 Å². The summed E-state index contributed by atoms with van der Waals surface area (Å²) in [6, 6.07) is 15.1. The normalized spacial score (nSPS) is 10.8. The van der Waals surface area contributed by atoms with Gasteiger partial charge in [0.1, 0.15) is 22.9 Å². The molecule has 1 amide bonds. The molecule has 0 aliphatic rings. The molecule has 202 valence electrons. The number of hydrogen-bond acceptors (Lipinski definition) is 8. The number of rotatable bonds is 11. The van der Waals surface area contributed by atoms with Crippen molar-refractivity contribution < 1.29 is 19.1 Å². The van der Waals surface area contributed by atoms with E-state index in [1.54, 1.807) is 12.1 Å². The zero-order chi connectivity index (χ0) is 27.9. The molecule has 2 aromatic heterocycles. The van der Waals surface area contributed by atoms with Gasteiger partial charge in [0, 0.05) is 17.0 Å². The number of thioether (sulfide) groups is 1. The number of nitrogens with zero attached hydrogens (tertiary/aromatic N) is 3. The Hall–Kier alpha value is -3.60. The van der Waals surface area contributed by atoms with Gasteiger partial charge < -0.3 is 14.8 Å². The monoisotopic (exact) mass is 582 g/mol. The molecule has 0 aliphatic carbocycles. The first-order valence-electron chi connectivity index (χ1n) is 11.9. The molecule has 0 bridgehead atoms. The van der Waals surface area contributed by atoms with Crippen LogP contribution in [0.25, 0.3) is 11.1 Å². The van der Waals surface area contributed by atoms with Crippen LogP contribution in [0.2, 0.25) is 5.02 Å². The first-order valence-corrected chi connectivity index (χ1v) is 14.1. The molecule has 0 saturated carbocycles. The number of carbonyl (C=O) groups excluding carboxylic acids is 2. The number of methoxy groups -OCH3 is 1. The van der Waals surface area contributed by atoms with Crippen LogP contribution in [0, 0.1) is 13.8 Å². The average molecular weight is 583 g/mol. The minimum absolute atomic E-state index is 0.0536. The van der Waals surface area contributed by atoms with Crippen LogP contribution in [0.15, 0.2) is 66.3 Å². The van der Waals surface area contributed by atoms with Gasteiger partial charge >= 0.3 is 5.97 Å². The fourth-order valence-corrected chi connectivity index (χ4v) is 5.90. The number of allylic oxidation sites excluding steroid dienone is 1. The van der Waals surface area contributed by atoms with E-state index in [1.807, 2.05) is 60.9 Å². The van der Waals surface area contributed by atoms with E-state index in [9.17, 15) is 9.59 Å². The topological polar surface area (TPSA) is 95.3 Å². The zero-order valence-electron chi connectivity index (χ0n) is 21.7. The SMILES string of the molecule is C=CCn1c(COc2cc(C)ccc2Cl)nnc1SCC(=O)Nc1sc(C)c(-c2ccccc2)c1C(=O)OC. The van der Waals surface area contributed by atoms with Gasteiger partial charge in [-0.15, -0.1) is 28.1 Å². The Morgan fingerprint density at radius 1 is 1.18 bits per heavy atom. The molecule has 0 spiro atoms. The number of aryl methyl sites for hydroxylation is 2. The highest BCUT2D eigenvalue weighted by atomic mass is 35.5. The number of carbonyl (C=O) groups is 2. The zero-order valence-corrected chi connectivity index (χ0v) is 24.1. The number of nitrogens with one attached hydrogen (secondary N) is 1. The number of thiophene rings is 1. The summed E-state index contributed by atoms with van der Waals surface area (Å²) in [6.07, 6.45) is 1.72. The minimum Gasteiger partial charge on any atom is -0.484 e. The van der Waals surface area contributed by atoms with Crippen molar-refractivity contribution in [3.8, 4) is 16.9 Å². The lowest BCUT2D eigenvalue weighted by atomic mass is 10.0. The molecule has 0 unspecified atom stereocenters. The second-order valence-electron chi connectivity index (χ2n) is 8.45. The maximum Gasteiger partial charge on any atom is 0.341 e. The fraction of sp³-hybridized carbons (Fsp3) is 0.214. The Labute approximate surface area is 240 Å². The first-order chi connectivity index (χ1) is 18.8. The molecule has 0 fully saturated rings. The fourth-order valence-electron chi connectivity index (χ4n) is 3.88. The highest BCUT2D eigenvalue weighted by Gasteiger charge is 2.25. The number of anilines is 1. The Bertz CT molecular complexity index is 1500. The minimum atomic E-state index is -0.509. The van der Waals surface area contributed by atoms with Crippen LogP contribution in [0.3, 0.4) is 0 Å². The molecule has 0 saturated heterocycles. The summed E-state index contributed by atoms with van der Waals surface area (Å²) in [5.74, 6) is 0.386. The third-order valence-corrected chi connectivity index (χ3v) is 7.97. The molecular weight excluding hydrogens is 556 g/mol. The maximum absolute atomic E-state index is 13.0. The Kier molecular flexibility index (Phi) is 9.45. The molecule has 1 N–H and O–H groups in total. The Morgan fingerprint density at radius 2 is 1.95 bits per heavy atom. The summed E-state index contributed by atoms with van der Waals surface area (Å²) in [4.78, 5) is 26.6. The molecule has 8 nitrogen and oxygen atoms in total. The third-order valence-electron chi connectivity index (χ3n) is 5.67. The maximum atomic E-state index is 13.0. The van der Waals surface area contributed by atoms with Crippen LogP contribution in [-0.2, 0) is 22.7 Å². The van der Waals surface area contributed by atoms with E-state index in [2.05, 4.69) is 22.1 Å². The number of ether oxygens (including phenoxy) is 2. The van der Waals surface area contributed by atoms with Crippen LogP contribution in [0.4, 0.5) is 5.00 Å². The van der Waals surface area contributed by atoms with Gasteiger partial charge in [-0.25, -0.2) is 4.79 Å². The molecule has 11 heteroatoms. The predicted octanol–water partition coefficient (Wildman–Crippen LogP) is 6.56. The van der Waals surface area contributed by atoms with Crippen molar-refractivity contribution in [3.63, 3.8) is 0 Å². The van der Waals surface area contributed by atoms with Crippen LogP contribution in [0.1, 0.15) is 26.6 Å². The molecule has 0 aliphatic heterocycles. The van der Waals surface area contributed by atoms with Gasteiger partial charge in [-0.1, -0.05) is 65.8 Å². The summed E-state index contributed by atoms with van der Waals surface area (Å²) in [6.45, 7) is 8.27. The van der Waals surface area contributed by atoms with Gasteiger partial charge in [-0.05, 0) is 37.1 Å². The second kappa shape index (κ2) is 13.0. The van der Waals surface area contributed by atoms with E-state index in [-0.39, 0.29) is 18.3 Å². The quantitative estimate of drug-likeness (QED) is 0.122. The predicted molar refractivity (Wildman–Crippen MR) is 156 cm³/mol. The first kappa shape index (κ1) is 28.4. The molecule has 39 heavy (non-hydrogen) atoms. The number of benzene rings is 2. The van der Waals surface area contributed by atoms with Crippen LogP contribution < -0.4 is 10.1 Å². The summed E-state index contributed by atoms with van der Waals surface area (Å²) in [5, 5.41) is 12.9. The Morgan fingerprint density at radius 3 is 2.67 bits per heavy atom. The van der Waals surface area contributed by atoms with Gasteiger partial charge in [0.2, 0.25) is 5.91 Å². The van der Waals surface area contributed by atoms with Crippen LogP contribution in [-0.4, -0.2) is 39.5 Å². The van der Waals surface area contributed by atoms with Crippen molar-refractivity contribution in [2.45, 2.75) is 32.2 Å². The summed E-state index contributed by atoms with van der Waals surface area (Å²) in [7, 11) is 1.33. The van der Waals surface area contributed by atoms with E-state index in [0.717, 1.165) is 21.6 Å². The number of aromatic nitrogens is 3. The number of esters is 1. The number of amides is 1. The summed E-state index contributed by atoms with van der Waals surface area (Å²) >= 11 is 8.81. The lowest BCUT2D eigenvalue weighted by Crippen LogP contribution is -2.16. The van der Waals surface area contributed by atoms with Gasteiger partial charge in [0.05, 0.1) is 17.9 Å². The molecule has 4 rings (SSSR count). The van der Waals surface area contributed by atoms with Gasteiger partial charge in [-0.2, -0.15) is 0 Å². The average Bonchev–Trinajstić information content (AvgIpc) is 3.47. The highest BCUT2D eigenvalue weighted by Crippen LogP contribution is 2.40. The van der Waals surface area contributed by atoms with Crippen molar-refractivity contribution in [2.75, 3.05) is 18.2 Å². The number of halogens is 1. The summed E-state index contributed by atoms with van der Waals surface area (Å²) in [5.41, 5.74) is 2.99. The van der Waals surface area contributed by atoms with E-state index < -0.39 is 5.97 Å². The van der Waals surface area contributed by atoms with Crippen LogP contribution in [0.5, 0.6) is 5.75 Å². The van der Waals surface area contributed by atoms with E-state index in [0.29, 0.717) is 38.9 Å². The lowest BCUT2D eigenvalue weighted by molar-refractivity contribution is -0.113. The van der Waals surface area contributed by atoms with E-state index >= 15 is 0 Å². The molecule has 4 aromatic rings. The van der Waals surface area contributed by atoms with Crippen molar-refractivity contribution >= 4 is 51.6 Å². The lowest BCUT2D eigenvalue weighted by Gasteiger charge is -2.11. The smallest absolute Gasteiger partial charge is 0.341 e. The largest absolute Gasteiger partial charge is 0.484 e. The number of hydrogen-bond donors (Lipinski definition) is 1. The second-order valence-corrected chi connectivity index (χ2v) is 11.0. The van der Waals surface area contributed by atoms with Gasteiger partial charge in [-0.3, -0.25) is 9.36 Å². The third kappa shape index (κ3) is 6.70. The van der Waals surface area contributed by atoms with E-state index in [1.165, 1.54) is 30.2 Å². The molecular formula is C28H27ClN4O4S2. The van der Waals surface area contributed by atoms with Crippen molar-refractivity contribution in [3.05, 3.63) is 88.0 Å². The van der Waals surface area contributed by atoms with Crippen molar-refractivity contribution in [1.29, 1.82) is 0 Å². The van der Waals surface area contributed by atoms with E-state index in [4.69, 9.17) is 21.1 Å². The van der Waals surface area contributed by atoms with Gasteiger partial charge in [0.25, 0.3) is 0 Å². The standard InChI is InChI=1S/C28H27ClN4O4S2/c1-5-13-33-22(15-37-21-14-17(2)11-12-20(21)29)31-32-28(33)38-16-23(34)30-26-25(27(35)36-4)24(18(3)39-26)19-9-7-6-8-10-19/h5-12,14H,1,13,15-16H2,2-4H3,(H,30,34). The highest BCUT2D eigenvalue weighted by molar-refractivity contribution is 7.99. The van der Waals surface area contributed by atoms with Crippen LogP contribution >= 0.6 is 34.7 Å². The van der Waals surface area contributed by atoms with Gasteiger partial charge in [0.15, 0.2) is 11.0 Å².